The molecule has 3 N–H and O–H groups in total. The van der Waals surface area contributed by atoms with E-state index in [4.69, 9.17) is 17.4 Å². The number of rotatable bonds is 6. The third-order valence-corrected chi connectivity index (χ3v) is 3.80. The van der Waals surface area contributed by atoms with Crippen LogP contribution in [0.1, 0.15) is 36.2 Å². The van der Waals surface area contributed by atoms with E-state index in [1.807, 2.05) is 11.6 Å². The third-order valence-electron chi connectivity index (χ3n) is 3.51. The fourth-order valence-electron chi connectivity index (χ4n) is 2.34. The number of aryl methyl sites for hydroxylation is 3. The van der Waals surface area contributed by atoms with E-state index in [0.717, 1.165) is 25.1 Å². The predicted molar refractivity (Wildman–Crippen MR) is 82.5 cm³/mol. The maximum atomic E-state index is 6.22. The summed E-state index contributed by atoms with van der Waals surface area (Å²) in [5.74, 6) is 5.69. The highest BCUT2D eigenvalue weighted by molar-refractivity contribution is 6.31. The van der Waals surface area contributed by atoms with Crippen LogP contribution in [-0.4, -0.2) is 9.78 Å². The topological polar surface area (TPSA) is 55.9 Å². The molecule has 0 aliphatic heterocycles. The molecule has 0 amide bonds. The summed E-state index contributed by atoms with van der Waals surface area (Å²) in [4.78, 5) is 0. The lowest BCUT2D eigenvalue weighted by Crippen LogP contribution is -2.30. The highest BCUT2D eigenvalue weighted by atomic mass is 35.5. The highest BCUT2D eigenvalue weighted by Gasteiger charge is 2.18. The smallest absolute Gasteiger partial charge is 0.0834 e. The Morgan fingerprint density at radius 2 is 2.05 bits per heavy atom. The summed E-state index contributed by atoms with van der Waals surface area (Å²) in [7, 11) is 0. The van der Waals surface area contributed by atoms with Crippen LogP contribution in [-0.2, 0) is 13.0 Å². The van der Waals surface area contributed by atoms with E-state index in [1.54, 1.807) is 6.20 Å². The lowest BCUT2D eigenvalue weighted by molar-refractivity contribution is 0.467. The molecule has 0 spiro atoms. The number of nitrogens with one attached hydrogen (secondary N) is 1. The fourth-order valence-corrected chi connectivity index (χ4v) is 2.61. The Hall–Kier alpha value is -1.36. The summed E-state index contributed by atoms with van der Waals surface area (Å²) in [5.41, 5.74) is 6.39. The van der Waals surface area contributed by atoms with E-state index in [-0.39, 0.29) is 6.04 Å². The maximum absolute atomic E-state index is 6.22. The van der Waals surface area contributed by atoms with Gasteiger partial charge in [0.25, 0.3) is 0 Å². The summed E-state index contributed by atoms with van der Waals surface area (Å²) in [6, 6.07) is 8.57. The largest absolute Gasteiger partial charge is 0.271 e. The summed E-state index contributed by atoms with van der Waals surface area (Å²) >= 11 is 6.22. The lowest BCUT2D eigenvalue weighted by atomic mass is 10.0. The van der Waals surface area contributed by atoms with Gasteiger partial charge in [-0.3, -0.25) is 16.0 Å². The lowest BCUT2D eigenvalue weighted by Gasteiger charge is -2.18. The van der Waals surface area contributed by atoms with Crippen LogP contribution < -0.4 is 11.3 Å². The molecule has 1 aromatic heterocycles. The number of hydrogen-bond donors (Lipinski definition) is 2. The van der Waals surface area contributed by atoms with Crippen molar-refractivity contribution in [2.45, 2.75) is 39.3 Å². The van der Waals surface area contributed by atoms with Crippen LogP contribution in [0, 0.1) is 6.92 Å². The first-order chi connectivity index (χ1) is 9.65. The van der Waals surface area contributed by atoms with E-state index < -0.39 is 0 Å². The number of nitrogens with zero attached hydrogens (tertiary/aromatic N) is 2. The SMILES string of the molecule is CCn1ncc(Cl)c1C(CCc1ccc(C)cc1)NN. The molecule has 0 saturated carbocycles. The minimum Gasteiger partial charge on any atom is -0.271 e. The number of halogens is 1. The van der Waals surface area contributed by atoms with Crippen molar-refractivity contribution in [3.63, 3.8) is 0 Å². The van der Waals surface area contributed by atoms with Crippen molar-refractivity contribution in [3.8, 4) is 0 Å². The molecule has 20 heavy (non-hydrogen) atoms. The van der Waals surface area contributed by atoms with Crippen LogP contribution in [0.25, 0.3) is 0 Å². The molecular formula is C15H21ClN4. The van der Waals surface area contributed by atoms with Gasteiger partial charge in [0.05, 0.1) is 23.0 Å². The fraction of sp³-hybridized carbons (Fsp3) is 0.400. The van der Waals surface area contributed by atoms with Crippen molar-refractivity contribution in [2.24, 2.45) is 5.84 Å². The zero-order valence-electron chi connectivity index (χ0n) is 11.9. The molecule has 2 aromatic rings. The van der Waals surface area contributed by atoms with Crippen molar-refractivity contribution in [1.82, 2.24) is 15.2 Å². The molecule has 0 aliphatic rings. The Bertz CT molecular complexity index is 548. The van der Waals surface area contributed by atoms with Crippen LogP contribution in [0.15, 0.2) is 30.5 Å². The number of hydrogen-bond acceptors (Lipinski definition) is 3. The predicted octanol–water partition coefficient (Wildman–Crippen LogP) is 3.00. The van der Waals surface area contributed by atoms with Gasteiger partial charge in [-0.05, 0) is 32.3 Å². The van der Waals surface area contributed by atoms with Crippen molar-refractivity contribution in [1.29, 1.82) is 0 Å². The number of aromatic nitrogens is 2. The van der Waals surface area contributed by atoms with Gasteiger partial charge in [0.2, 0.25) is 0 Å². The summed E-state index contributed by atoms with van der Waals surface area (Å²) in [5, 5.41) is 4.92. The minimum atomic E-state index is 0.00579. The molecule has 5 heteroatoms. The molecular weight excluding hydrogens is 272 g/mol. The molecule has 4 nitrogen and oxygen atoms in total. The number of nitrogens with two attached hydrogens (primary N) is 1. The van der Waals surface area contributed by atoms with E-state index in [0.29, 0.717) is 5.02 Å². The molecule has 1 aromatic carbocycles. The molecule has 1 atom stereocenters. The second-order valence-corrected chi connectivity index (χ2v) is 5.34. The molecule has 108 valence electrons. The summed E-state index contributed by atoms with van der Waals surface area (Å²) < 4.78 is 1.89. The van der Waals surface area contributed by atoms with E-state index in [1.165, 1.54) is 11.1 Å². The monoisotopic (exact) mass is 292 g/mol. The van der Waals surface area contributed by atoms with Gasteiger partial charge < -0.3 is 0 Å². The molecule has 2 rings (SSSR count). The zero-order valence-corrected chi connectivity index (χ0v) is 12.7. The maximum Gasteiger partial charge on any atom is 0.0834 e. The van der Waals surface area contributed by atoms with Gasteiger partial charge in [0.1, 0.15) is 0 Å². The van der Waals surface area contributed by atoms with Gasteiger partial charge in [-0.25, -0.2) is 0 Å². The molecule has 1 unspecified atom stereocenters. The quantitative estimate of drug-likeness (QED) is 0.636. The van der Waals surface area contributed by atoms with E-state index in [9.17, 15) is 0 Å². The van der Waals surface area contributed by atoms with Crippen LogP contribution in [0.3, 0.4) is 0 Å². The average molecular weight is 293 g/mol. The minimum absolute atomic E-state index is 0.00579. The van der Waals surface area contributed by atoms with Crippen LogP contribution >= 0.6 is 11.6 Å². The van der Waals surface area contributed by atoms with Crippen molar-refractivity contribution >= 4 is 11.6 Å². The highest BCUT2D eigenvalue weighted by Crippen LogP contribution is 2.26. The van der Waals surface area contributed by atoms with Crippen LogP contribution in [0.4, 0.5) is 0 Å². The average Bonchev–Trinajstić information content (AvgIpc) is 2.83. The molecule has 0 bridgehead atoms. The van der Waals surface area contributed by atoms with Gasteiger partial charge in [0.15, 0.2) is 0 Å². The van der Waals surface area contributed by atoms with E-state index >= 15 is 0 Å². The third kappa shape index (κ3) is 3.39. The second kappa shape index (κ2) is 6.88. The molecule has 0 aliphatic carbocycles. The summed E-state index contributed by atoms with van der Waals surface area (Å²) in [6.45, 7) is 4.92. The summed E-state index contributed by atoms with van der Waals surface area (Å²) in [6.07, 6.45) is 3.50. The Balaban J connectivity index is 2.09. The van der Waals surface area contributed by atoms with Gasteiger partial charge in [-0.15, -0.1) is 0 Å². The van der Waals surface area contributed by atoms with Gasteiger partial charge >= 0.3 is 0 Å². The Labute approximate surface area is 124 Å². The second-order valence-electron chi connectivity index (χ2n) is 4.94. The number of benzene rings is 1. The standard InChI is InChI=1S/C15H21ClN4/c1-3-20-15(13(16)10-18-20)14(19-17)9-8-12-6-4-11(2)5-7-12/h4-7,10,14,19H,3,8-9,17H2,1-2H3. The van der Waals surface area contributed by atoms with Gasteiger partial charge in [0, 0.05) is 6.54 Å². The van der Waals surface area contributed by atoms with Crippen molar-refractivity contribution < 1.29 is 0 Å². The molecule has 1 heterocycles. The first kappa shape index (κ1) is 15.0. The molecule has 0 saturated heterocycles. The Morgan fingerprint density at radius 1 is 1.35 bits per heavy atom. The van der Waals surface area contributed by atoms with Crippen LogP contribution in [0.2, 0.25) is 5.02 Å². The molecule has 0 fully saturated rings. The Morgan fingerprint density at radius 3 is 2.65 bits per heavy atom. The van der Waals surface area contributed by atoms with Crippen molar-refractivity contribution in [3.05, 3.63) is 52.3 Å². The van der Waals surface area contributed by atoms with Crippen molar-refractivity contribution in [2.75, 3.05) is 0 Å². The zero-order chi connectivity index (χ0) is 14.5. The normalized spacial score (nSPS) is 12.6. The van der Waals surface area contributed by atoms with E-state index in [2.05, 4.69) is 41.7 Å². The Kier molecular flexibility index (Phi) is 5.17. The molecule has 0 radical (unpaired) electrons. The first-order valence-electron chi connectivity index (χ1n) is 6.88. The van der Waals surface area contributed by atoms with Gasteiger partial charge in [-0.1, -0.05) is 41.4 Å². The van der Waals surface area contributed by atoms with Gasteiger partial charge in [-0.2, -0.15) is 5.10 Å². The number of hydrazine groups is 1. The first-order valence-corrected chi connectivity index (χ1v) is 7.26. The van der Waals surface area contributed by atoms with Crippen LogP contribution in [0.5, 0.6) is 0 Å².